The van der Waals surface area contributed by atoms with Crippen molar-refractivity contribution in [1.29, 1.82) is 0 Å². The first-order valence-electron chi connectivity index (χ1n) is 5.81. The number of halogens is 3. The van der Waals surface area contributed by atoms with E-state index >= 15 is 0 Å². The molecule has 0 bridgehead atoms. The summed E-state index contributed by atoms with van der Waals surface area (Å²) in [5, 5.41) is 2.11. The highest BCUT2D eigenvalue weighted by molar-refractivity contribution is 6.39. The van der Waals surface area contributed by atoms with Crippen LogP contribution in [0.2, 0.25) is 10.2 Å². The second-order valence-corrected chi connectivity index (χ2v) is 4.90. The van der Waals surface area contributed by atoms with Gasteiger partial charge in [0.25, 0.3) is 0 Å². The molecule has 20 heavy (non-hydrogen) atoms. The van der Waals surface area contributed by atoms with Crippen LogP contribution < -0.4 is 4.74 Å². The van der Waals surface area contributed by atoms with E-state index in [2.05, 4.69) is 4.98 Å². The van der Waals surface area contributed by atoms with E-state index in [1.807, 2.05) is 6.07 Å². The van der Waals surface area contributed by atoms with Gasteiger partial charge in [-0.15, -0.1) is 0 Å². The van der Waals surface area contributed by atoms with Crippen molar-refractivity contribution in [1.82, 2.24) is 4.98 Å². The zero-order valence-electron chi connectivity index (χ0n) is 10.1. The predicted octanol–water partition coefficient (Wildman–Crippen LogP) is 5.47. The molecular weight excluding hydrogens is 300 g/mol. The third kappa shape index (κ3) is 2.42. The SMILES string of the molecule is Fc1cccc(Oc2cccc3c(Cl)cnc(Cl)c23)c1. The Morgan fingerprint density at radius 1 is 1.05 bits per heavy atom. The first-order chi connectivity index (χ1) is 9.65. The predicted molar refractivity (Wildman–Crippen MR) is 78.2 cm³/mol. The van der Waals surface area contributed by atoms with Gasteiger partial charge in [0.15, 0.2) is 0 Å². The monoisotopic (exact) mass is 307 g/mol. The fourth-order valence-electron chi connectivity index (χ4n) is 1.93. The Balaban J connectivity index is 2.15. The van der Waals surface area contributed by atoms with Crippen molar-refractivity contribution < 1.29 is 9.13 Å². The van der Waals surface area contributed by atoms with Gasteiger partial charge in [0.05, 0.1) is 10.4 Å². The summed E-state index contributed by atoms with van der Waals surface area (Å²) in [4.78, 5) is 4.01. The standard InChI is InChI=1S/C15H8Cl2FNO/c16-12-8-19-15(17)14-11(12)5-2-6-13(14)20-10-4-1-3-9(18)7-10/h1-8H. The third-order valence-corrected chi connectivity index (χ3v) is 3.39. The second kappa shape index (κ2) is 5.27. The van der Waals surface area contributed by atoms with Gasteiger partial charge in [0, 0.05) is 17.6 Å². The number of nitrogens with zero attached hydrogens (tertiary/aromatic N) is 1. The van der Waals surface area contributed by atoms with E-state index in [-0.39, 0.29) is 11.0 Å². The fraction of sp³-hybridized carbons (Fsp3) is 0. The lowest BCUT2D eigenvalue weighted by molar-refractivity contribution is 0.482. The summed E-state index contributed by atoms with van der Waals surface area (Å²) in [5.74, 6) is 0.492. The van der Waals surface area contributed by atoms with Crippen LogP contribution in [0.3, 0.4) is 0 Å². The lowest BCUT2D eigenvalue weighted by atomic mass is 10.1. The molecule has 1 heterocycles. The highest BCUT2D eigenvalue weighted by atomic mass is 35.5. The Labute approximate surface area is 124 Å². The topological polar surface area (TPSA) is 22.1 Å². The summed E-state index contributed by atoms with van der Waals surface area (Å²) in [7, 11) is 0. The quantitative estimate of drug-likeness (QED) is 0.585. The molecule has 0 aliphatic heterocycles. The van der Waals surface area contributed by atoms with E-state index < -0.39 is 0 Å². The van der Waals surface area contributed by atoms with Gasteiger partial charge in [-0.05, 0) is 18.2 Å². The third-order valence-electron chi connectivity index (χ3n) is 2.80. The summed E-state index contributed by atoms with van der Waals surface area (Å²) in [5.41, 5.74) is 0. The maximum absolute atomic E-state index is 13.2. The van der Waals surface area contributed by atoms with E-state index in [0.29, 0.717) is 21.9 Å². The van der Waals surface area contributed by atoms with E-state index in [0.717, 1.165) is 5.39 Å². The average molecular weight is 308 g/mol. The summed E-state index contributed by atoms with van der Waals surface area (Å²) in [6, 6.07) is 11.2. The number of fused-ring (bicyclic) bond motifs is 1. The summed E-state index contributed by atoms with van der Waals surface area (Å²) in [6.07, 6.45) is 1.48. The zero-order chi connectivity index (χ0) is 14.1. The molecule has 0 aliphatic rings. The van der Waals surface area contributed by atoms with Crippen LogP contribution in [0.5, 0.6) is 11.5 Å². The maximum Gasteiger partial charge on any atom is 0.140 e. The van der Waals surface area contributed by atoms with Gasteiger partial charge in [-0.2, -0.15) is 0 Å². The molecule has 2 aromatic carbocycles. The molecule has 0 unspecified atom stereocenters. The lowest BCUT2D eigenvalue weighted by Crippen LogP contribution is -1.89. The maximum atomic E-state index is 13.2. The second-order valence-electron chi connectivity index (χ2n) is 4.14. The molecule has 2 nitrogen and oxygen atoms in total. The normalized spacial score (nSPS) is 10.8. The van der Waals surface area contributed by atoms with Crippen molar-refractivity contribution in [2.75, 3.05) is 0 Å². The lowest BCUT2D eigenvalue weighted by Gasteiger charge is -2.10. The zero-order valence-corrected chi connectivity index (χ0v) is 11.6. The molecule has 5 heteroatoms. The molecule has 0 saturated carbocycles. The van der Waals surface area contributed by atoms with E-state index in [4.69, 9.17) is 27.9 Å². The number of rotatable bonds is 2. The van der Waals surface area contributed by atoms with Crippen molar-refractivity contribution in [3.05, 3.63) is 64.7 Å². The van der Waals surface area contributed by atoms with Crippen molar-refractivity contribution in [3.63, 3.8) is 0 Å². The van der Waals surface area contributed by atoms with E-state index in [1.165, 1.54) is 18.3 Å². The Morgan fingerprint density at radius 3 is 2.65 bits per heavy atom. The number of pyridine rings is 1. The van der Waals surface area contributed by atoms with Crippen LogP contribution in [0, 0.1) is 5.82 Å². The number of hydrogen-bond donors (Lipinski definition) is 0. The van der Waals surface area contributed by atoms with Crippen LogP contribution in [0.1, 0.15) is 0 Å². The molecule has 100 valence electrons. The van der Waals surface area contributed by atoms with Crippen molar-refractivity contribution in [2.24, 2.45) is 0 Å². The molecule has 0 amide bonds. The molecule has 0 radical (unpaired) electrons. The van der Waals surface area contributed by atoms with Crippen LogP contribution >= 0.6 is 23.2 Å². The number of hydrogen-bond acceptors (Lipinski definition) is 2. The Hall–Kier alpha value is -1.84. The van der Waals surface area contributed by atoms with Crippen molar-refractivity contribution in [2.45, 2.75) is 0 Å². The number of aromatic nitrogens is 1. The Morgan fingerprint density at radius 2 is 1.85 bits per heavy atom. The molecule has 3 aromatic rings. The van der Waals surface area contributed by atoms with Gasteiger partial charge >= 0.3 is 0 Å². The van der Waals surface area contributed by atoms with Gasteiger partial charge in [-0.1, -0.05) is 41.4 Å². The molecule has 0 atom stereocenters. The largest absolute Gasteiger partial charge is 0.456 e. The number of benzene rings is 2. The molecule has 3 rings (SSSR count). The molecule has 0 fully saturated rings. The molecule has 0 spiro atoms. The molecular formula is C15H8Cl2FNO. The molecule has 1 aromatic heterocycles. The molecule has 0 saturated heterocycles. The van der Waals surface area contributed by atoms with Crippen LogP contribution in [-0.4, -0.2) is 4.98 Å². The molecule has 0 N–H and O–H groups in total. The fourth-order valence-corrected chi connectivity index (χ4v) is 2.38. The van der Waals surface area contributed by atoms with Crippen LogP contribution in [-0.2, 0) is 0 Å². The smallest absolute Gasteiger partial charge is 0.140 e. The average Bonchev–Trinajstić information content (AvgIpc) is 2.43. The van der Waals surface area contributed by atoms with E-state index in [9.17, 15) is 4.39 Å². The minimum atomic E-state index is -0.370. The minimum absolute atomic E-state index is 0.288. The first kappa shape index (κ1) is 13.2. The summed E-state index contributed by atoms with van der Waals surface area (Å²) < 4.78 is 18.9. The van der Waals surface area contributed by atoms with Crippen molar-refractivity contribution >= 4 is 34.0 Å². The van der Waals surface area contributed by atoms with Crippen LogP contribution in [0.25, 0.3) is 10.8 Å². The summed E-state index contributed by atoms with van der Waals surface area (Å²) in [6.45, 7) is 0. The van der Waals surface area contributed by atoms with Gasteiger partial charge in [0.2, 0.25) is 0 Å². The van der Waals surface area contributed by atoms with Crippen LogP contribution in [0.4, 0.5) is 4.39 Å². The van der Waals surface area contributed by atoms with Crippen molar-refractivity contribution in [3.8, 4) is 11.5 Å². The Bertz CT molecular complexity index is 792. The first-order valence-corrected chi connectivity index (χ1v) is 6.57. The highest BCUT2D eigenvalue weighted by Gasteiger charge is 2.11. The van der Waals surface area contributed by atoms with Gasteiger partial charge < -0.3 is 4.74 Å². The molecule has 0 aliphatic carbocycles. The summed E-state index contributed by atoms with van der Waals surface area (Å²) >= 11 is 12.2. The van der Waals surface area contributed by atoms with Gasteiger partial charge in [-0.25, -0.2) is 9.37 Å². The Kier molecular flexibility index (Phi) is 3.47. The van der Waals surface area contributed by atoms with Gasteiger partial charge in [0.1, 0.15) is 22.5 Å². The number of ether oxygens (including phenoxy) is 1. The highest BCUT2D eigenvalue weighted by Crippen LogP contribution is 2.36. The van der Waals surface area contributed by atoms with Crippen LogP contribution in [0.15, 0.2) is 48.7 Å². The van der Waals surface area contributed by atoms with E-state index in [1.54, 1.807) is 24.3 Å². The minimum Gasteiger partial charge on any atom is -0.456 e. The van der Waals surface area contributed by atoms with Gasteiger partial charge in [-0.3, -0.25) is 0 Å².